The molecule has 130 valence electrons. The molecule has 23 heavy (non-hydrogen) atoms. The molecule has 1 rings (SSSR count). The highest BCUT2D eigenvalue weighted by Gasteiger charge is 2.23. The number of hydroxylamine groups is 1. The van der Waals surface area contributed by atoms with Crippen molar-refractivity contribution in [3.8, 4) is 0 Å². The maximum atomic E-state index is 11.6. The predicted octanol–water partition coefficient (Wildman–Crippen LogP) is -2.87. The molecular weight excluding hydrogens is 310 g/mol. The molecule has 0 aromatic heterocycles. The van der Waals surface area contributed by atoms with Crippen molar-refractivity contribution in [3.05, 3.63) is 12.2 Å². The fourth-order valence-electron chi connectivity index (χ4n) is 1.75. The first-order chi connectivity index (χ1) is 10.9. The maximum absolute atomic E-state index is 11.6. The topological polar surface area (TPSA) is 148 Å². The van der Waals surface area contributed by atoms with Crippen molar-refractivity contribution < 1.29 is 34.5 Å². The summed E-state index contributed by atoms with van der Waals surface area (Å²) in [6.07, 6.45) is 0.341. The van der Waals surface area contributed by atoms with Gasteiger partial charge in [0.15, 0.2) is 0 Å². The van der Waals surface area contributed by atoms with E-state index in [1.54, 1.807) is 5.48 Å². The van der Waals surface area contributed by atoms with E-state index in [4.69, 9.17) is 9.94 Å². The monoisotopic (exact) mass is 331 g/mol. The summed E-state index contributed by atoms with van der Waals surface area (Å²) in [4.78, 5) is 35.1. The Morgan fingerprint density at radius 2 is 1.70 bits per heavy atom. The maximum Gasteiger partial charge on any atom is 0.253 e. The molecule has 1 aliphatic rings. The molecule has 10 heteroatoms. The molecule has 0 saturated heterocycles. The van der Waals surface area contributed by atoms with Gasteiger partial charge in [-0.15, -0.1) is 0 Å². The van der Waals surface area contributed by atoms with Crippen molar-refractivity contribution in [1.82, 2.24) is 15.7 Å². The molecule has 10 nitrogen and oxygen atoms in total. The van der Waals surface area contributed by atoms with Crippen molar-refractivity contribution in [2.24, 2.45) is 0 Å². The first-order valence-corrected chi connectivity index (χ1v) is 7.05. The molecular formula is C13H21N3O7. The van der Waals surface area contributed by atoms with E-state index in [-0.39, 0.29) is 39.3 Å². The Hall–Kier alpha value is -1.85. The zero-order valence-corrected chi connectivity index (χ0v) is 12.5. The van der Waals surface area contributed by atoms with Gasteiger partial charge in [0.05, 0.1) is 25.4 Å². The highest BCUT2D eigenvalue weighted by Crippen LogP contribution is 2.03. The zero-order valence-electron chi connectivity index (χ0n) is 12.5. The highest BCUT2D eigenvalue weighted by molar-refractivity contribution is 6.13. The van der Waals surface area contributed by atoms with Crippen molar-refractivity contribution in [2.45, 2.75) is 18.6 Å². The zero-order chi connectivity index (χ0) is 17.2. The van der Waals surface area contributed by atoms with Gasteiger partial charge in [0.1, 0.15) is 0 Å². The second-order valence-corrected chi connectivity index (χ2v) is 4.92. The summed E-state index contributed by atoms with van der Waals surface area (Å²) < 4.78 is 5.00. The van der Waals surface area contributed by atoms with E-state index in [9.17, 15) is 24.6 Å². The molecule has 3 amide bonds. The number of ether oxygens (including phenoxy) is 1. The van der Waals surface area contributed by atoms with Gasteiger partial charge >= 0.3 is 0 Å². The van der Waals surface area contributed by atoms with Crippen LogP contribution in [0.15, 0.2) is 12.2 Å². The van der Waals surface area contributed by atoms with Crippen LogP contribution >= 0.6 is 0 Å². The average molecular weight is 331 g/mol. The minimum Gasteiger partial charge on any atom is -0.389 e. The molecule has 2 atom stereocenters. The van der Waals surface area contributed by atoms with Crippen molar-refractivity contribution in [3.63, 3.8) is 0 Å². The van der Waals surface area contributed by atoms with Crippen molar-refractivity contribution in [1.29, 1.82) is 0 Å². The van der Waals surface area contributed by atoms with E-state index >= 15 is 0 Å². The number of aliphatic hydroxyl groups excluding tert-OH is 2. The van der Waals surface area contributed by atoms with Crippen molar-refractivity contribution in [2.75, 3.05) is 32.8 Å². The van der Waals surface area contributed by atoms with E-state index in [1.807, 2.05) is 0 Å². The minimum atomic E-state index is -0.968. The number of rotatable bonds is 11. The number of amides is 3. The van der Waals surface area contributed by atoms with Gasteiger partial charge in [0, 0.05) is 38.2 Å². The molecule has 5 N–H and O–H groups in total. The van der Waals surface area contributed by atoms with Crippen LogP contribution in [0.4, 0.5) is 0 Å². The number of nitrogens with one attached hydrogen (secondary N) is 2. The molecule has 0 spiro atoms. The van der Waals surface area contributed by atoms with Crippen LogP contribution in [0.1, 0.15) is 6.42 Å². The summed E-state index contributed by atoms with van der Waals surface area (Å²) in [6.45, 7) is -0.326. The van der Waals surface area contributed by atoms with Gasteiger partial charge in [-0.2, -0.15) is 0 Å². The Balaban J connectivity index is 2.11. The molecule has 0 saturated carbocycles. The second kappa shape index (κ2) is 10.0. The lowest BCUT2D eigenvalue weighted by atomic mass is 10.3. The summed E-state index contributed by atoms with van der Waals surface area (Å²) in [7, 11) is 0. The van der Waals surface area contributed by atoms with E-state index in [0.29, 0.717) is 0 Å². The number of nitrogens with zero attached hydrogens (tertiary/aromatic N) is 1. The fourth-order valence-corrected chi connectivity index (χ4v) is 1.75. The Morgan fingerprint density at radius 1 is 1.13 bits per heavy atom. The van der Waals surface area contributed by atoms with E-state index < -0.39 is 29.9 Å². The Kier molecular flexibility index (Phi) is 8.37. The van der Waals surface area contributed by atoms with Gasteiger partial charge in [-0.3, -0.25) is 19.3 Å². The normalized spacial score (nSPS) is 16.7. The first kappa shape index (κ1) is 19.2. The SMILES string of the molecule is O=C(CCN1C(=O)C=CC1=O)NCC(O)COCC(O)CNO. The third kappa shape index (κ3) is 7.30. The third-order valence-electron chi connectivity index (χ3n) is 2.95. The lowest BCUT2D eigenvalue weighted by molar-refractivity contribution is -0.137. The van der Waals surface area contributed by atoms with Crippen LogP contribution in [-0.2, 0) is 19.1 Å². The number of carbonyl (C=O) groups excluding carboxylic acids is 3. The number of carbonyl (C=O) groups is 3. The van der Waals surface area contributed by atoms with Gasteiger partial charge < -0.3 is 25.5 Å². The largest absolute Gasteiger partial charge is 0.389 e. The van der Waals surface area contributed by atoms with Gasteiger partial charge in [-0.1, -0.05) is 0 Å². The van der Waals surface area contributed by atoms with Crippen LogP contribution < -0.4 is 10.8 Å². The summed E-state index contributed by atoms with van der Waals surface area (Å²) in [6, 6.07) is 0. The number of hydrogen-bond donors (Lipinski definition) is 5. The Bertz CT molecular complexity index is 437. The Morgan fingerprint density at radius 3 is 2.26 bits per heavy atom. The van der Waals surface area contributed by atoms with Gasteiger partial charge in [-0.05, 0) is 0 Å². The van der Waals surface area contributed by atoms with E-state index in [2.05, 4.69) is 5.32 Å². The van der Waals surface area contributed by atoms with Gasteiger partial charge in [-0.25, -0.2) is 5.48 Å². The van der Waals surface area contributed by atoms with Crippen LogP contribution in [-0.4, -0.2) is 83.1 Å². The van der Waals surface area contributed by atoms with Gasteiger partial charge in [0.25, 0.3) is 11.8 Å². The highest BCUT2D eigenvalue weighted by atomic mass is 16.5. The lowest BCUT2D eigenvalue weighted by Crippen LogP contribution is -2.38. The smallest absolute Gasteiger partial charge is 0.253 e. The second-order valence-electron chi connectivity index (χ2n) is 4.92. The van der Waals surface area contributed by atoms with Gasteiger partial charge in [0.2, 0.25) is 5.91 Å². The quantitative estimate of drug-likeness (QED) is 0.200. The molecule has 0 aromatic rings. The van der Waals surface area contributed by atoms with Crippen LogP contribution in [0, 0.1) is 0 Å². The molecule has 1 heterocycles. The lowest BCUT2D eigenvalue weighted by Gasteiger charge is -2.16. The first-order valence-electron chi connectivity index (χ1n) is 7.05. The van der Waals surface area contributed by atoms with Crippen molar-refractivity contribution >= 4 is 17.7 Å². The van der Waals surface area contributed by atoms with Crippen LogP contribution in [0.5, 0.6) is 0 Å². The summed E-state index contributed by atoms with van der Waals surface area (Å²) in [5.41, 5.74) is 1.78. The molecule has 0 bridgehead atoms. The van der Waals surface area contributed by atoms with Crippen LogP contribution in [0.2, 0.25) is 0 Å². The molecule has 0 aromatic carbocycles. The van der Waals surface area contributed by atoms with Crippen LogP contribution in [0.3, 0.4) is 0 Å². The standard InChI is InChI=1S/C13H21N3O7/c17-9(7-23-8-10(18)6-15-22)5-14-11(19)3-4-16-12(20)1-2-13(16)21/h1-2,9-10,15,17-18,22H,3-8H2,(H,14,19). The summed E-state index contributed by atoms with van der Waals surface area (Å²) >= 11 is 0. The van der Waals surface area contributed by atoms with Crippen LogP contribution in [0.25, 0.3) is 0 Å². The summed E-state index contributed by atoms with van der Waals surface area (Å²) in [5, 5.41) is 29.6. The molecule has 2 unspecified atom stereocenters. The third-order valence-corrected chi connectivity index (χ3v) is 2.95. The number of imide groups is 1. The molecule has 0 radical (unpaired) electrons. The van der Waals surface area contributed by atoms with E-state index in [1.165, 1.54) is 0 Å². The summed E-state index contributed by atoms with van der Waals surface area (Å²) in [5.74, 6) is -1.32. The molecule has 0 aliphatic carbocycles. The van der Waals surface area contributed by atoms with E-state index in [0.717, 1.165) is 17.1 Å². The predicted molar refractivity (Wildman–Crippen MR) is 76.1 cm³/mol. The minimum absolute atomic E-state index is 0.0244. The Labute approximate surface area is 132 Å². The average Bonchev–Trinajstić information content (AvgIpc) is 2.82. The molecule has 1 aliphatic heterocycles. The molecule has 0 fully saturated rings. The fraction of sp³-hybridized carbons (Fsp3) is 0.615. The number of aliphatic hydroxyl groups is 2. The number of hydrogen-bond acceptors (Lipinski definition) is 8.